The Balaban J connectivity index is 1.89. The van der Waals surface area contributed by atoms with Crippen LogP contribution in [0.15, 0.2) is 25.3 Å². The van der Waals surface area contributed by atoms with Gasteiger partial charge in [0.2, 0.25) is 0 Å². The third-order valence-electron chi connectivity index (χ3n) is 5.83. The second-order valence-corrected chi connectivity index (χ2v) is 6.80. The van der Waals surface area contributed by atoms with Crippen LogP contribution in [0.3, 0.4) is 0 Å². The maximum atomic E-state index is 4.05. The van der Waals surface area contributed by atoms with Crippen molar-refractivity contribution in [3.63, 3.8) is 0 Å². The number of piperidine rings is 1. The van der Waals surface area contributed by atoms with Crippen LogP contribution in [0, 0.1) is 17.8 Å². The molecule has 108 valence electrons. The van der Waals surface area contributed by atoms with E-state index in [1.165, 1.54) is 69.2 Å². The molecule has 0 amide bonds. The van der Waals surface area contributed by atoms with E-state index in [0.717, 1.165) is 17.8 Å². The number of hydrogen-bond donors (Lipinski definition) is 0. The summed E-state index contributed by atoms with van der Waals surface area (Å²) < 4.78 is 1.39. The van der Waals surface area contributed by atoms with Gasteiger partial charge < -0.3 is 4.48 Å². The summed E-state index contributed by atoms with van der Waals surface area (Å²) in [6.07, 6.45) is 12.8. The molecule has 1 aliphatic carbocycles. The molecule has 0 aromatic heterocycles. The predicted molar refractivity (Wildman–Crippen MR) is 84.0 cm³/mol. The molecule has 0 N–H and O–H groups in total. The summed E-state index contributed by atoms with van der Waals surface area (Å²) >= 11 is 0. The molecule has 1 heteroatoms. The van der Waals surface area contributed by atoms with Gasteiger partial charge in [0.15, 0.2) is 0 Å². The highest BCUT2D eigenvalue weighted by Gasteiger charge is 2.34. The lowest BCUT2D eigenvalue weighted by Crippen LogP contribution is -2.52. The smallest absolute Gasteiger partial charge is 0.0789 e. The summed E-state index contributed by atoms with van der Waals surface area (Å²) in [4.78, 5) is 0. The minimum absolute atomic E-state index is 0.740. The predicted octanol–water partition coefficient (Wildman–Crippen LogP) is 4.41. The molecule has 3 unspecified atom stereocenters. The van der Waals surface area contributed by atoms with Gasteiger partial charge in [-0.1, -0.05) is 12.2 Å². The molecule has 2 aliphatic rings. The van der Waals surface area contributed by atoms with E-state index in [0.29, 0.717) is 0 Å². The summed E-state index contributed by atoms with van der Waals surface area (Å²) in [7, 11) is 0. The number of hydrogen-bond acceptors (Lipinski definition) is 0. The average Bonchev–Trinajstić information content (AvgIpc) is 2.88. The molecular formula is C18H32N+. The topological polar surface area (TPSA) is 0 Å². The van der Waals surface area contributed by atoms with Crippen molar-refractivity contribution in [1.82, 2.24) is 0 Å². The number of allylic oxidation sites excluding steroid dienone is 2. The van der Waals surface area contributed by atoms with Crippen LogP contribution in [0.1, 0.15) is 45.4 Å². The van der Waals surface area contributed by atoms with Crippen molar-refractivity contribution in [3.05, 3.63) is 25.3 Å². The normalized spacial score (nSPS) is 34.1. The van der Waals surface area contributed by atoms with Gasteiger partial charge in [-0.2, -0.15) is 0 Å². The Morgan fingerprint density at radius 1 is 1.05 bits per heavy atom. The molecule has 0 aromatic carbocycles. The maximum Gasteiger partial charge on any atom is 0.0789 e. The van der Waals surface area contributed by atoms with E-state index in [1.807, 2.05) is 0 Å². The Labute approximate surface area is 120 Å². The van der Waals surface area contributed by atoms with Crippen molar-refractivity contribution in [2.75, 3.05) is 26.2 Å². The van der Waals surface area contributed by atoms with Gasteiger partial charge in [0.25, 0.3) is 0 Å². The fraction of sp³-hybridized carbons (Fsp3) is 0.778. The summed E-state index contributed by atoms with van der Waals surface area (Å²) in [5, 5.41) is 0. The Morgan fingerprint density at radius 3 is 2.37 bits per heavy atom. The summed E-state index contributed by atoms with van der Waals surface area (Å²) in [6, 6.07) is 0. The minimum Gasteiger partial charge on any atom is -0.324 e. The van der Waals surface area contributed by atoms with E-state index < -0.39 is 0 Å². The molecule has 2 fully saturated rings. The van der Waals surface area contributed by atoms with Crippen LogP contribution >= 0.6 is 0 Å². The van der Waals surface area contributed by atoms with Crippen LogP contribution in [0.4, 0.5) is 0 Å². The molecule has 0 radical (unpaired) electrons. The molecule has 1 heterocycles. The second-order valence-electron chi connectivity index (χ2n) is 6.80. The number of nitrogens with zero attached hydrogens (tertiary/aromatic N) is 1. The highest BCUT2D eigenvalue weighted by Crippen LogP contribution is 2.40. The minimum atomic E-state index is 0.740. The van der Waals surface area contributed by atoms with E-state index >= 15 is 0 Å². The zero-order valence-electron chi connectivity index (χ0n) is 12.8. The van der Waals surface area contributed by atoms with Gasteiger partial charge >= 0.3 is 0 Å². The molecule has 1 saturated carbocycles. The van der Waals surface area contributed by atoms with Gasteiger partial charge in [-0.25, -0.2) is 0 Å². The lowest BCUT2D eigenvalue weighted by atomic mass is 9.92. The maximum absolute atomic E-state index is 4.05. The first-order valence-electron chi connectivity index (χ1n) is 8.33. The van der Waals surface area contributed by atoms with Gasteiger partial charge in [0.1, 0.15) is 0 Å². The number of rotatable bonds is 6. The van der Waals surface area contributed by atoms with Crippen LogP contribution in [0.25, 0.3) is 0 Å². The van der Waals surface area contributed by atoms with Crippen LogP contribution < -0.4 is 0 Å². The van der Waals surface area contributed by atoms with Gasteiger partial charge in [0, 0.05) is 0 Å². The quantitative estimate of drug-likeness (QED) is 0.491. The molecule has 2 rings (SSSR count). The van der Waals surface area contributed by atoms with Gasteiger partial charge in [-0.15, -0.1) is 13.2 Å². The first-order chi connectivity index (χ1) is 9.23. The van der Waals surface area contributed by atoms with E-state index in [2.05, 4.69) is 32.2 Å². The Kier molecular flexibility index (Phi) is 5.27. The van der Waals surface area contributed by atoms with E-state index in [4.69, 9.17) is 0 Å². The van der Waals surface area contributed by atoms with E-state index in [1.54, 1.807) is 0 Å². The van der Waals surface area contributed by atoms with Crippen LogP contribution in [-0.2, 0) is 0 Å². The Hall–Kier alpha value is -0.560. The highest BCUT2D eigenvalue weighted by molar-refractivity contribution is 4.97. The zero-order chi connectivity index (χ0) is 13.7. The number of likely N-dealkylation sites (tertiary alicyclic amines) is 1. The van der Waals surface area contributed by atoms with Crippen LogP contribution in [-0.4, -0.2) is 30.7 Å². The molecule has 3 atom stereocenters. The van der Waals surface area contributed by atoms with E-state index in [9.17, 15) is 0 Å². The standard InChI is InChI=1S/C18H32N/c1-4-16-14-17(5-2)18(15-16)10-13-19(6-3)11-8-7-9-12-19/h4-5,16-18H,1-2,6-15H2,3H3/q+1. The van der Waals surface area contributed by atoms with Gasteiger partial charge in [0.05, 0.1) is 26.2 Å². The van der Waals surface area contributed by atoms with Crippen molar-refractivity contribution < 1.29 is 4.48 Å². The highest BCUT2D eigenvalue weighted by atomic mass is 15.3. The van der Waals surface area contributed by atoms with Crippen LogP contribution in [0.2, 0.25) is 0 Å². The fourth-order valence-electron chi connectivity index (χ4n) is 4.34. The summed E-state index contributed by atoms with van der Waals surface area (Å²) in [5.41, 5.74) is 0. The number of quaternary nitrogens is 1. The molecule has 1 aliphatic heterocycles. The third-order valence-corrected chi connectivity index (χ3v) is 5.83. The largest absolute Gasteiger partial charge is 0.324 e. The van der Waals surface area contributed by atoms with Crippen molar-refractivity contribution in [2.45, 2.75) is 45.4 Å². The third kappa shape index (κ3) is 3.51. The molecular weight excluding hydrogens is 230 g/mol. The lowest BCUT2D eigenvalue weighted by molar-refractivity contribution is -0.931. The second kappa shape index (κ2) is 6.74. The molecule has 19 heavy (non-hydrogen) atoms. The summed E-state index contributed by atoms with van der Waals surface area (Å²) in [6.45, 7) is 16.0. The molecule has 1 saturated heterocycles. The van der Waals surface area contributed by atoms with Gasteiger partial charge in [-0.05, 0) is 63.2 Å². The fourth-order valence-corrected chi connectivity index (χ4v) is 4.34. The molecule has 1 nitrogen and oxygen atoms in total. The zero-order valence-corrected chi connectivity index (χ0v) is 12.8. The molecule has 0 aromatic rings. The van der Waals surface area contributed by atoms with Crippen LogP contribution in [0.5, 0.6) is 0 Å². The average molecular weight is 262 g/mol. The van der Waals surface area contributed by atoms with Crippen molar-refractivity contribution in [3.8, 4) is 0 Å². The monoisotopic (exact) mass is 262 g/mol. The summed E-state index contributed by atoms with van der Waals surface area (Å²) in [5.74, 6) is 2.35. The van der Waals surface area contributed by atoms with Crippen molar-refractivity contribution in [1.29, 1.82) is 0 Å². The molecule has 0 bridgehead atoms. The molecule has 0 spiro atoms. The van der Waals surface area contributed by atoms with E-state index in [-0.39, 0.29) is 0 Å². The van der Waals surface area contributed by atoms with Crippen molar-refractivity contribution >= 4 is 0 Å². The van der Waals surface area contributed by atoms with Gasteiger partial charge in [-0.3, -0.25) is 0 Å². The first kappa shape index (κ1) is 14.8. The Morgan fingerprint density at radius 2 is 1.79 bits per heavy atom. The van der Waals surface area contributed by atoms with Crippen molar-refractivity contribution in [2.24, 2.45) is 17.8 Å². The first-order valence-corrected chi connectivity index (χ1v) is 8.33. The Bertz CT molecular complexity index is 301. The lowest BCUT2D eigenvalue weighted by Gasteiger charge is -2.41. The SMILES string of the molecule is C=CC1CC(C=C)C(CC[N+]2(CC)CCCCC2)C1.